The molecule has 0 amide bonds. The molecule has 1 aromatic carbocycles. The zero-order valence-corrected chi connectivity index (χ0v) is 9.63. The van der Waals surface area contributed by atoms with Gasteiger partial charge in [0, 0.05) is 11.6 Å². The lowest BCUT2D eigenvalue weighted by Gasteiger charge is -2.20. The van der Waals surface area contributed by atoms with Crippen LogP contribution in [0.25, 0.3) is 0 Å². The van der Waals surface area contributed by atoms with E-state index in [-0.39, 0.29) is 5.82 Å². The molecule has 2 nitrogen and oxygen atoms in total. The van der Waals surface area contributed by atoms with Crippen molar-refractivity contribution in [2.24, 2.45) is 5.73 Å². The van der Waals surface area contributed by atoms with E-state index in [0.717, 1.165) is 11.1 Å². The maximum atomic E-state index is 13.8. The molecule has 0 saturated carbocycles. The molecule has 0 bridgehead atoms. The van der Waals surface area contributed by atoms with Crippen molar-refractivity contribution >= 4 is 0 Å². The van der Waals surface area contributed by atoms with Crippen molar-refractivity contribution in [3.63, 3.8) is 0 Å². The van der Waals surface area contributed by atoms with Gasteiger partial charge in [-0.1, -0.05) is 6.07 Å². The van der Waals surface area contributed by atoms with Crippen LogP contribution in [0.2, 0.25) is 0 Å². The smallest absolute Gasteiger partial charge is 0.132 e. The maximum Gasteiger partial charge on any atom is 0.132 e. The second-order valence-corrected chi connectivity index (χ2v) is 4.17. The highest BCUT2D eigenvalue weighted by atomic mass is 19.1. The Balaban J connectivity index is 3.39. The van der Waals surface area contributed by atoms with E-state index in [2.05, 4.69) is 0 Å². The quantitative estimate of drug-likeness (QED) is 0.787. The summed E-state index contributed by atoms with van der Waals surface area (Å²) < 4.78 is 13.8. The average Bonchev–Trinajstić information content (AvgIpc) is 2.15. The average molecular weight is 211 g/mol. The third kappa shape index (κ3) is 2.19. The first-order valence-electron chi connectivity index (χ1n) is 5.06. The summed E-state index contributed by atoms with van der Waals surface area (Å²) in [7, 11) is 0. The fourth-order valence-corrected chi connectivity index (χ4v) is 1.70. The van der Waals surface area contributed by atoms with Crippen LogP contribution in [0.15, 0.2) is 6.07 Å². The van der Waals surface area contributed by atoms with Crippen LogP contribution < -0.4 is 5.73 Å². The van der Waals surface area contributed by atoms with Gasteiger partial charge < -0.3 is 10.8 Å². The van der Waals surface area contributed by atoms with E-state index in [1.165, 1.54) is 0 Å². The highest BCUT2D eigenvalue weighted by Crippen LogP contribution is 2.27. The fourth-order valence-electron chi connectivity index (χ4n) is 1.70. The molecular formula is C12H18FNO. The number of nitrogens with two attached hydrogens (primary N) is 1. The maximum absolute atomic E-state index is 13.8. The van der Waals surface area contributed by atoms with Gasteiger partial charge in [-0.05, 0) is 44.4 Å². The van der Waals surface area contributed by atoms with E-state index in [1.54, 1.807) is 26.8 Å². The zero-order valence-electron chi connectivity index (χ0n) is 9.63. The molecular weight excluding hydrogens is 193 g/mol. The Morgan fingerprint density at radius 2 is 1.80 bits per heavy atom. The van der Waals surface area contributed by atoms with E-state index >= 15 is 0 Å². The van der Waals surface area contributed by atoms with Gasteiger partial charge in [0.05, 0.1) is 6.10 Å². The van der Waals surface area contributed by atoms with E-state index < -0.39 is 12.1 Å². The molecule has 0 radical (unpaired) electrons. The monoisotopic (exact) mass is 211 g/mol. The predicted octanol–water partition coefficient (Wildman–Crippen LogP) is 2.13. The third-order valence-corrected chi connectivity index (χ3v) is 2.81. The Morgan fingerprint density at radius 1 is 1.27 bits per heavy atom. The molecule has 0 heterocycles. The molecule has 0 aromatic heterocycles. The van der Waals surface area contributed by atoms with Gasteiger partial charge in [0.15, 0.2) is 0 Å². The van der Waals surface area contributed by atoms with Gasteiger partial charge in [-0.3, -0.25) is 0 Å². The summed E-state index contributed by atoms with van der Waals surface area (Å²) in [4.78, 5) is 0. The van der Waals surface area contributed by atoms with E-state index in [1.807, 2.05) is 6.92 Å². The first kappa shape index (κ1) is 12.1. The summed E-state index contributed by atoms with van der Waals surface area (Å²) in [6.45, 7) is 7.07. The van der Waals surface area contributed by atoms with Gasteiger partial charge in [0.25, 0.3) is 0 Å². The molecule has 84 valence electrons. The number of aryl methyl sites for hydroxylation is 2. The zero-order chi connectivity index (χ0) is 11.7. The fraction of sp³-hybridized carbons (Fsp3) is 0.500. The van der Waals surface area contributed by atoms with Crippen LogP contribution in [0.4, 0.5) is 4.39 Å². The number of benzene rings is 1. The summed E-state index contributed by atoms with van der Waals surface area (Å²) in [6.07, 6.45) is -0.941. The van der Waals surface area contributed by atoms with Crippen molar-refractivity contribution in [2.75, 3.05) is 0 Å². The highest BCUT2D eigenvalue weighted by molar-refractivity contribution is 5.40. The number of hydrogen-bond donors (Lipinski definition) is 2. The number of aliphatic hydroxyl groups is 1. The highest BCUT2D eigenvalue weighted by Gasteiger charge is 2.21. The first-order valence-corrected chi connectivity index (χ1v) is 5.06. The van der Waals surface area contributed by atoms with Crippen molar-refractivity contribution in [1.82, 2.24) is 0 Å². The second-order valence-electron chi connectivity index (χ2n) is 4.17. The Hall–Kier alpha value is -0.930. The van der Waals surface area contributed by atoms with Crippen LogP contribution in [-0.2, 0) is 0 Å². The van der Waals surface area contributed by atoms with Gasteiger partial charge in [0.2, 0.25) is 0 Å². The lowest BCUT2D eigenvalue weighted by atomic mass is 9.93. The largest absolute Gasteiger partial charge is 0.387 e. The van der Waals surface area contributed by atoms with Gasteiger partial charge in [-0.2, -0.15) is 0 Å². The summed E-state index contributed by atoms with van der Waals surface area (Å²) in [5.74, 6) is -0.345. The summed E-state index contributed by atoms with van der Waals surface area (Å²) in [5.41, 5.74) is 8.23. The molecule has 0 aliphatic carbocycles. The van der Waals surface area contributed by atoms with Crippen LogP contribution in [0.1, 0.15) is 35.3 Å². The molecule has 0 aliphatic rings. The van der Waals surface area contributed by atoms with E-state index in [0.29, 0.717) is 11.1 Å². The summed E-state index contributed by atoms with van der Waals surface area (Å²) in [6, 6.07) is 1.31. The first-order chi connectivity index (χ1) is 6.86. The molecule has 2 unspecified atom stereocenters. The molecule has 0 fully saturated rings. The molecule has 1 aromatic rings. The standard InChI is InChI=1S/C12H18FNO/c1-6-5-7(2)11(13)10(8(6)3)12(15)9(4)14/h5,9,12,15H,14H2,1-4H3. The minimum atomic E-state index is -0.941. The van der Waals surface area contributed by atoms with Crippen molar-refractivity contribution in [3.05, 3.63) is 34.1 Å². The third-order valence-electron chi connectivity index (χ3n) is 2.81. The van der Waals surface area contributed by atoms with Crippen molar-refractivity contribution in [1.29, 1.82) is 0 Å². The second kappa shape index (κ2) is 4.29. The number of rotatable bonds is 2. The number of hydrogen-bond acceptors (Lipinski definition) is 2. The summed E-state index contributed by atoms with van der Waals surface area (Å²) >= 11 is 0. The van der Waals surface area contributed by atoms with Gasteiger partial charge in [0.1, 0.15) is 5.82 Å². The van der Waals surface area contributed by atoms with Gasteiger partial charge >= 0.3 is 0 Å². The van der Waals surface area contributed by atoms with Gasteiger partial charge in [-0.25, -0.2) is 4.39 Å². The Kier molecular flexibility index (Phi) is 3.47. The lowest BCUT2D eigenvalue weighted by Crippen LogP contribution is -2.26. The molecule has 0 saturated heterocycles. The SMILES string of the molecule is Cc1cc(C)c(F)c(C(O)C(C)N)c1C. The molecule has 0 spiro atoms. The molecule has 3 N–H and O–H groups in total. The lowest BCUT2D eigenvalue weighted by molar-refractivity contribution is 0.148. The Bertz CT molecular complexity index is 348. The minimum absolute atomic E-state index is 0.336. The van der Waals surface area contributed by atoms with E-state index in [4.69, 9.17) is 5.73 Å². The summed E-state index contributed by atoms with van der Waals surface area (Å²) in [5, 5.41) is 9.84. The topological polar surface area (TPSA) is 46.2 Å². The molecule has 15 heavy (non-hydrogen) atoms. The van der Waals surface area contributed by atoms with Crippen molar-refractivity contribution in [3.8, 4) is 0 Å². The van der Waals surface area contributed by atoms with Crippen LogP contribution in [0, 0.1) is 26.6 Å². The Morgan fingerprint density at radius 3 is 2.27 bits per heavy atom. The van der Waals surface area contributed by atoms with E-state index in [9.17, 15) is 9.50 Å². The van der Waals surface area contributed by atoms with Crippen LogP contribution in [0.3, 0.4) is 0 Å². The number of halogens is 1. The molecule has 3 heteroatoms. The number of aliphatic hydroxyl groups excluding tert-OH is 1. The Labute approximate surface area is 89.9 Å². The molecule has 0 aliphatic heterocycles. The van der Waals surface area contributed by atoms with Gasteiger partial charge in [-0.15, -0.1) is 0 Å². The van der Waals surface area contributed by atoms with Crippen molar-refractivity contribution < 1.29 is 9.50 Å². The van der Waals surface area contributed by atoms with Crippen molar-refractivity contribution in [2.45, 2.75) is 39.8 Å². The predicted molar refractivity (Wildman–Crippen MR) is 59.2 cm³/mol. The van der Waals surface area contributed by atoms with Crippen LogP contribution in [0.5, 0.6) is 0 Å². The van der Waals surface area contributed by atoms with Crippen LogP contribution in [-0.4, -0.2) is 11.1 Å². The normalized spacial score (nSPS) is 15.1. The molecule has 1 rings (SSSR count). The van der Waals surface area contributed by atoms with Crippen LogP contribution >= 0.6 is 0 Å². The minimum Gasteiger partial charge on any atom is -0.387 e. The molecule has 2 atom stereocenters.